The molecule has 0 saturated heterocycles. The van der Waals surface area contributed by atoms with Crippen LogP contribution in [-0.4, -0.2) is 43.0 Å². The molecule has 1 unspecified atom stereocenters. The van der Waals surface area contributed by atoms with Crippen LogP contribution in [0.1, 0.15) is 33.6 Å². The summed E-state index contributed by atoms with van der Waals surface area (Å²) in [5.74, 6) is -0.253. The molecule has 0 radical (unpaired) electrons. The predicted octanol–water partition coefficient (Wildman–Crippen LogP) is 0.771. The third-order valence-electron chi connectivity index (χ3n) is 2.84. The van der Waals surface area contributed by atoms with Gasteiger partial charge >= 0.3 is 5.97 Å². The van der Waals surface area contributed by atoms with E-state index >= 15 is 0 Å². The van der Waals surface area contributed by atoms with Crippen LogP contribution >= 0.6 is 0 Å². The van der Waals surface area contributed by atoms with Gasteiger partial charge in [-0.2, -0.15) is 0 Å². The summed E-state index contributed by atoms with van der Waals surface area (Å²) >= 11 is 0. The second-order valence-corrected chi connectivity index (χ2v) is 4.41. The van der Waals surface area contributed by atoms with Crippen LogP contribution in [0.25, 0.3) is 0 Å². The normalized spacial score (nSPS) is 12.4. The molecule has 0 aromatic heterocycles. The fourth-order valence-electron chi connectivity index (χ4n) is 1.52. The number of hydrogen-bond acceptors (Lipinski definition) is 4. The smallest absolute Gasteiger partial charge is 0.325 e. The van der Waals surface area contributed by atoms with E-state index in [-0.39, 0.29) is 24.4 Å². The van der Waals surface area contributed by atoms with Gasteiger partial charge in [-0.1, -0.05) is 13.3 Å². The van der Waals surface area contributed by atoms with Gasteiger partial charge in [0.25, 0.3) is 0 Å². The standard InChI is InChI=1S/C12H24N2O3/c1-5-10(7-13)6-11(15)14(9(2)3)8-12(16)17-4/h9-10H,5-8,13H2,1-4H3. The number of carbonyl (C=O) groups excluding carboxylic acids is 2. The molecule has 0 aliphatic carbocycles. The Labute approximate surface area is 103 Å². The van der Waals surface area contributed by atoms with E-state index in [0.29, 0.717) is 13.0 Å². The molecule has 0 rings (SSSR count). The Morgan fingerprint density at radius 1 is 1.35 bits per heavy atom. The zero-order valence-electron chi connectivity index (χ0n) is 11.2. The highest BCUT2D eigenvalue weighted by molar-refractivity contribution is 5.82. The van der Waals surface area contributed by atoms with Crippen molar-refractivity contribution in [2.45, 2.75) is 39.7 Å². The average molecular weight is 244 g/mol. The molecule has 0 bridgehead atoms. The maximum atomic E-state index is 12.0. The summed E-state index contributed by atoms with van der Waals surface area (Å²) in [7, 11) is 1.32. The monoisotopic (exact) mass is 244 g/mol. The highest BCUT2D eigenvalue weighted by Gasteiger charge is 2.22. The van der Waals surface area contributed by atoms with Crippen LogP contribution in [0, 0.1) is 5.92 Å². The molecule has 2 N–H and O–H groups in total. The number of amides is 1. The van der Waals surface area contributed by atoms with Crippen LogP contribution in [-0.2, 0) is 14.3 Å². The van der Waals surface area contributed by atoms with Crippen molar-refractivity contribution in [3.05, 3.63) is 0 Å². The van der Waals surface area contributed by atoms with Crippen molar-refractivity contribution in [1.82, 2.24) is 4.90 Å². The van der Waals surface area contributed by atoms with Gasteiger partial charge in [0, 0.05) is 12.5 Å². The van der Waals surface area contributed by atoms with Crippen LogP contribution in [0.2, 0.25) is 0 Å². The topological polar surface area (TPSA) is 72.6 Å². The molecule has 1 amide bonds. The van der Waals surface area contributed by atoms with Crippen LogP contribution in [0.4, 0.5) is 0 Å². The molecular weight excluding hydrogens is 220 g/mol. The summed E-state index contributed by atoms with van der Waals surface area (Å²) in [6.07, 6.45) is 1.26. The van der Waals surface area contributed by atoms with Crippen LogP contribution in [0.3, 0.4) is 0 Å². The molecule has 0 fully saturated rings. The van der Waals surface area contributed by atoms with Crippen LogP contribution < -0.4 is 5.73 Å². The highest BCUT2D eigenvalue weighted by atomic mass is 16.5. The van der Waals surface area contributed by atoms with Gasteiger partial charge in [-0.3, -0.25) is 9.59 Å². The molecule has 0 aliphatic heterocycles. The third-order valence-corrected chi connectivity index (χ3v) is 2.84. The first-order valence-corrected chi connectivity index (χ1v) is 6.02. The molecule has 0 saturated carbocycles. The fraction of sp³-hybridized carbons (Fsp3) is 0.833. The number of ether oxygens (including phenoxy) is 1. The van der Waals surface area contributed by atoms with Crippen LogP contribution in [0.5, 0.6) is 0 Å². The van der Waals surface area contributed by atoms with E-state index in [2.05, 4.69) is 4.74 Å². The maximum absolute atomic E-state index is 12.0. The van der Waals surface area contributed by atoms with Gasteiger partial charge in [-0.25, -0.2) is 0 Å². The Morgan fingerprint density at radius 3 is 2.29 bits per heavy atom. The van der Waals surface area contributed by atoms with Gasteiger partial charge in [0.1, 0.15) is 6.54 Å². The third kappa shape index (κ3) is 5.68. The first kappa shape index (κ1) is 15.9. The Morgan fingerprint density at radius 2 is 1.94 bits per heavy atom. The molecule has 100 valence electrons. The first-order chi connectivity index (χ1) is 7.96. The van der Waals surface area contributed by atoms with E-state index in [9.17, 15) is 9.59 Å². The quantitative estimate of drug-likeness (QED) is 0.671. The van der Waals surface area contributed by atoms with Gasteiger partial charge in [0.15, 0.2) is 0 Å². The van der Waals surface area contributed by atoms with E-state index in [4.69, 9.17) is 5.73 Å². The Kier molecular flexibility index (Phi) is 7.54. The molecule has 5 heteroatoms. The van der Waals surface area contributed by atoms with Gasteiger partial charge in [0.2, 0.25) is 5.91 Å². The van der Waals surface area contributed by atoms with Crippen molar-refractivity contribution in [2.75, 3.05) is 20.2 Å². The summed E-state index contributed by atoms with van der Waals surface area (Å²) in [6.45, 7) is 6.26. The Bertz CT molecular complexity index is 250. The van der Waals surface area contributed by atoms with Gasteiger partial charge < -0.3 is 15.4 Å². The zero-order valence-corrected chi connectivity index (χ0v) is 11.2. The van der Waals surface area contributed by atoms with Gasteiger partial charge in [0.05, 0.1) is 7.11 Å². The van der Waals surface area contributed by atoms with Crippen molar-refractivity contribution in [2.24, 2.45) is 11.7 Å². The highest BCUT2D eigenvalue weighted by Crippen LogP contribution is 2.11. The number of esters is 1. The predicted molar refractivity (Wildman–Crippen MR) is 66.3 cm³/mol. The molecule has 5 nitrogen and oxygen atoms in total. The zero-order chi connectivity index (χ0) is 13.4. The van der Waals surface area contributed by atoms with Gasteiger partial charge in [-0.05, 0) is 26.3 Å². The maximum Gasteiger partial charge on any atom is 0.325 e. The van der Waals surface area contributed by atoms with Crippen molar-refractivity contribution in [3.63, 3.8) is 0 Å². The molecule has 17 heavy (non-hydrogen) atoms. The lowest BCUT2D eigenvalue weighted by molar-refractivity contribution is -0.148. The summed E-state index contributed by atoms with van der Waals surface area (Å²) in [4.78, 5) is 24.8. The summed E-state index contributed by atoms with van der Waals surface area (Å²) in [6, 6.07) is -0.0168. The molecule has 0 spiro atoms. The number of hydrogen-bond donors (Lipinski definition) is 1. The molecule has 0 aromatic carbocycles. The molecule has 0 heterocycles. The van der Waals surface area contributed by atoms with E-state index in [0.717, 1.165) is 6.42 Å². The second-order valence-electron chi connectivity index (χ2n) is 4.41. The van der Waals surface area contributed by atoms with E-state index in [1.54, 1.807) is 0 Å². The van der Waals surface area contributed by atoms with E-state index in [1.165, 1.54) is 12.0 Å². The number of methoxy groups -OCH3 is 1. The first-order valence-electron chi connectivity index (χ1n) is 6.02. The summed E-state index contributed by atoms with van der Waals surface area (Å²) in [5.41, 5.74) is 5.57. The molecular formula is C12H24N2O3. The minimum absolute atomic E-state index is 0.00794. The summed E-state index contributed by atoms with van der Waals surface area (Å²) < 4.78 is 4.58. The lowest BCUT2D eigenvalue weighted by Crippen LogP contribution is -2.42. The second kappa shape index (κ2) is 8.06. The number of carbonyl (C=O) groups is 2. The molecule has 1 atom stereocenters. The fourth-order valence-corrected chi connectivity index (χ4v) is 1.52. The van der Waals surface area contributed by atoms with Gasteiger partial charge in [-0.15, -0.1) is 0 Å². The molecule has 0 aromatic rings. The molecule has 0 aliphatic rings. The van der Waals surface area contributed by atoms with E-state index < -0.39 is 5.97 Å². The SMILES string of the molecule is CCC(CN)CC(=O)N(CC(=O)OC)C(C)C. The number of rotatable bonds is 7. The number of nitrogens with zero attached hydrogens (tertiary/aromatic N) is 1. The largest absolute Gasteiger partial charge is 0.468 e. The Balaban J connectivity index is 4.49. The lowest BCUT2D eigenvalue weighted by atomic mass is 10.0. The minimum Gasteiger partial charge on any atom is -0.468 e. The van der Waals surface area contributed by atoms with Crippen molar-refractivity contribution in [1.29, 1.82) is 0 Å². The average Bonchev–Trinajstić information content (AvgIpc) is 2.31. The minimum atomic E-state index is -0.396. The van der Waals surface area contributed by atoms with E-state index in [1.807, 2.05) is 20.8 Å². The van der Waals surface area contributed by atoms with Crippen molar-refractivity contribution < 1.29 is 14.3 Å². The van der Waals surface area contributed by atoms with Crippen molar-refractivity contribution >= 4 is 11.9 Å². The van der Waals surface area contributed by atoms with Crippen LogP contribution in [0.15, 0.2) is 0 Å². The number of nitrogens with two attached hydrogens (primary N) is 1. The van der Waals surface area contributed by atoms with Crippen molar-refractivity contribution in [3.8, 4) is 0 Å². The lowest BCUT2D eigenvalue weighted by Gasteiger charge is -2.27. The summed E-state index contributed by atoms with van der Waals surface area (Å²) in [5, 5.41) is 0. The Hall–Kier alpha value is -1.10.